The smallest absolute Gasteiger partial charge is 0.338 e. The molecule has 8 heteroatoms. The van der Waals surface area contributed by atoms with Gasteiger partial charge in [-0.25, -0.2) is 9.78 Å². The minimum absolute atomic E-state index is 0.0740. The van der Waals surface area contributed by atoms with Gasteiger partial charge in [-0.3, -0.25) is 14.2 Å². The number of hydrogen-bond donors (Lipinski definition) is 0. The van der Waals surface area contributed by atoms with Gasteiger partial charge in [-0.05, 0) is 57.9 Å². The van der Waals surface area contributed by atoms with E-state index in [4.69, 9.17) is 9.47 Å². The molecule has 1 atom stereocenters. The molecule has 8 nitrogen and oxygen atoms in total. The van der Waals surface area contributed by atoms with Gasteiger partial charge in [0.15, 0.2) is 6.61 Å². The summed E-state index contributed by atoms with van der Waals surface area (Å²) in [5.41, 5.74) is 2.97. The van der Waals surface area contributed by atoms with Gasteiger partial charge in [0.25, 0.3) is 5.56 Å². The number of fused-ring (bicyclic) bond motifs is 2. The van der Waals surface area contributed by atoms with E-state index in [2.05, 4.69) is 9.55 Å². The first-order valence-electron chi connectivity index (χ1n) is 11.7. The van der Waals surface area contributed by atoms with Gasteiger partial charge in [0.05, 0.1) is 29.1 Å². The van der Waals surface area contributed by atoms with Crippen LogP contribution in [-0.4, -0.2) is 46.2 Å². The number of carbonyl (C=O) groups excluding carboxylic acids is 2. The Morgan fingerprint density at radius 2 is 1.94 bits per heavy atom. The van der Waals surface area contributed by atoms with Crippen LogP contribution < -0.4 is 5.56 Å². The number of nitrogens with zero attached hydrogens (tertiary/aromatic N) is 3. The molecule has 1 aliphatic heterocycles. The molecular formula is C26H31N3O5. The summed E-state index contributed by atoms with van der Waals surface area (Å²) >= 11 is 0. The summed E-state index contributed by atoms with van der Waals surface area (Å²) < 4.78 is 14.4. The van der Waals surface area contributed by atoms with Crippen LogP contribution in [0, 0.1) is 13.8 Å². The van der Waals surface area contributed by atoms with E-state index in [1.165, 1.54) is 0 Å². The highest BCUT2D eigenvalue weighted by Gasteiger charge is 2.21. The van der Waals surface area contributed by atoms with Crippen molar-refractivity contribution in [3.63, 3.8) is 0 Å². The lowest BCUT2D eigenvalue weighted by molar-refractivity contribution is 0.0474. The lowest BCUT2D eigenvalue weighted by Crippen LogP contribution is -2.24. The predicted molar refractivity (Wildman–Crippen MR) is 129 cm³/mol. The molecule has 180 valence electrons. The second-order valence-electron chi connectivity index (χ2n) is 8.99. The van der Waals surface area contributed by atoms with Crippen LogP contribution in [0.25, 0.3) is 10.9 Å². The molecule has 0 saturated carbocycles. The maximum absolute atomic E-state index is 12.9. The van der Waals surface area contributed by atoms with Gasteiger partial charge in [-0.1, -0.05) is 6.42 Å². The predicted octanol–water partition coefficient (Wildman–Crippen LogP) is 3.79. The maximum atomic E-state index is 12.9. The van der Waals surface area contributed by atoms with Crippen molar-refractivity contribution >= 4 is 22.7 Å². The zero-order valence-corrected chi connectivity index (χ0v) is 20.2. The third kappa shape index (κ3) is 4.55. The summed E-state index contributed by atoms with van der Waals surface area (Å²) in [4.78, 5) is 43.0. The van der Waals surface area contributed by atoms with Gasteiger partial charge >= 0.3 is 5.97 Å². The molecule has 3 heterocycles. The number of methoxy groups -OCH3 is 1. The summed E-state index contributed by atoms with van der Waals surface area (Å²) in [6, 6.07) is 6.65. The molecule has 0 saturated heterocycles. The standard InChI is InChI=1S/C26H31N3O5/c1-16-12-21(18(3)29(16)17(2)14-33-4)23(30)15-34-26(32)19-9-10-20-22(13-19)27-24-8-6-5-7-11-28(24)25(20)31/h9-10,12-13,17H,5-8,11,14-15H2,1-4H3/t17-/m0/s1. The number of ether oxygens (including phenoxy) is 2. The van der Waals surface area contributed by atoms with Gasteiger partial charge in [0.2, 0.25) is 5.78 Å². The molecule has 0 fully saturated rings. The van der Waals surface area contributed by atoms with Gasteiger partial charge in [0.1, 0.15) is 5.82 Å². The second-order valence-corrected chi connectivity index (χ2v) is 8.99. The molecule has 0 radical (unpaired) electrons. The molecule has 0 aliphatic carbocycles. The molecule has 3 aromatic rings. The monoisotopic (exact) mass is 465 g/mol. The molecule has 1 aromatic carbocycles. The van der Waals surface area contributed by atoms with Crippen LogP contribution in [0.15, 0.2) is 29.1 Å². The molecular weight excluding hydrogens is 434 g/mol. The van der Waals surface area contributed by atoms with E-state index in [-0.39, 0.29) is 29.6 Å². The summed E-state index contributed by atoms with van der Waals surface area (Å²) in [6.07, 6.45) is 3.77. The summed E-state index contributed by atoms with van der Waals surface area (Å²) in [5.74, 6) is -0.123. The summed E-state index contributed by atoms with van der Waals surface area (Å²) in [7, 11) is 1.64. The third-order valence-electron chi connectivity index (χ3n) is 6.52. The average Bonchev–Trinajstić information content (AvgIpc) is 2.97. The highest BCUT2D eigenvalue weighted by molar-refractivity contribution is 6.01. The number of hydrogen-bond acceptors (Lipinski definition) is 6. The molecule has 2 aromatic heterocycles. The van der Waals surface area contributed by atoms with E-state index in [0.29, 0.717) is 29.6 Å². The number of Topliss-reactive ketones (excluding diaryl/α,β-unsaturated/α-hetero) is 1. The quantitative estimate of drug-likeness (QED) is 0.389. The minimum atomic E-state index is -0.617. The van der Waals surface area contributed by atoms with E-state index in [0.717, 1.165) is 42.9 Å². The van der Waals surface area contributed by atoms with Crippen molar-refractivity contribution in [3.8, 4) is 0 Å². The second kappa shape index (κ2) is 9.93. The molecule has 1 aliphatic rings. The molecule has 0 spiro atoms. The zero-order chi connectivity index (χ0) is 24.4. The normalized spacial score (nSPS) is 14.5. The fourth-order valence-electron chi connectivity index (χ4n) is 4.89. The number of aromatic nitrogens is 3. The van der Waals surface area contributed by atoms with Crippen molar-refractivity contribution in [2.24, 2.45) is 0 Å². The molecule has 34 heavy (non-hydrogen) atoms. The molecule has 0 bridgehead atoms. The fourth-order valence-corrected chi connectivity index (χ4v) is 4.89. The Morgan fingerprint density at radius 3 is 2.71 bits per heavy atom. The minimum Gasteiger partial charge on any atom is -0.454 e. The Morgan fingerprint density at radius 1 is 1.15 bits per heavy atom. The van der Waals surface area contributed by atoms with Gasteiger partial charge in [-0.2, -0.15) is 0 Å². The van der Waals surface area contributed by atoms with Crippen molar-refractivity contribution in [2.45, 2.75) is 59.0 Å². The molecule has 4 rings (SSSR count). The number of ketones is 1. The van der Waals surface area contributed by atoms with Crippen LogP contribution in [-0.2, 0) is 22.4 Å². The van der Waals surface area contributed by atoms with Crippen LogP contribution in [0.2, 0.25) is 0 Å². The third-order valence-corrected chi connectivity index (χ3v) is 6.52. The summed E-state index contributed by atoms with van der Waals surface area (Å²) in [5, 5.41) is 0.482. The Labute approximate surface area is 198 Å². The molecule has 0 amide bonds. The van der Waals surface area contributed by atoms with E-state index >= 15 is 0 Å². The average molecular weight is 466 g/mol. The van der Waals surface area contributed by atoms with Gasteiger partial charge < -0.3 is 14.0 Å². The largest absolute Gasteiger partial charge is 0.454 e. The lowest BCUT2D eigenvalue weighted by atomic mass is 10.1. The van der Waals surface area contributed by atoms with Crippen LogP contribution in [0.4, 0.5) is 0 Å². The first kappa shape index (κ1) is 23.9. The Balaban J connectivity index is 1.51. The Kier molecular flexibility index (Phi) is 6.97. The van der Waals surface area contributed by atoms with E-state index in [1.54, 1.807) is 29.9 Å². The van der Waals surface area contributed by atoms with Crippen molar-refractivity contribution < 1.29 is 19.1 Å². The summed E-state index contributed by atoms with van der Waals surface area (Å²) in [6.45, 7) is 6.68. The highest BCUT2D eigenvalue weighted by atomic mass is 16.5. The SMILES string of the molecule is COC[C@H](C)n1c(C)cc(C(=O)COC(=O)c2ccc3c(=O)n4c(nc3c2)CCCCC4)c1C. The molecule has 0 unspecified atom stereocenters. The lowest BCUT2D eigenvalue weighted by Gasteiger charge is -2.17. The van der Waals surface area contributed by atoms with Crippen LogP contribution in [0.1, 0.15) is 70.2 Å². The topological polar surface area (TPSA) is 92.4 Å². The number of carbonyl (C=O) groups is 2. The van der Waals surface area contributed by atoms with Crippen molar-refractivity contribution in [1.29, 1.82) is 0 Å². The van der Waals surface area contributed by atoms with Crippen LogP contribution >= 0.6 is 0 Å². The first-order chi connectivity index (χ1) is 16.3. The number of aryl methyl sites for hydroxylation is 2. The Bertz CT molecular complexity index is 1300. The Hall–Kier alpha value is -3.26. The zero-order valence-electron chi connectivity index (χ0n) is 20.2. The van der Waals surface area contributed by atoms with Crippen LogP contribution in [0.5, 0.6) is 0 Å². The number of benzene rings is 1. The number of esters is 1. The van der Waals surface area contributed by atoms with Crippen LogP contribution in [0.3, 0.4) is 0 Å². The van der Waals surface area contributed by atoms with Crippen molar-refractivity contribution in [3.05, 3.63) is 63.0 Å². The van der Waals surface area contributed by atoms with E-state index in [9.17, 15) is 14.4 Å². The first-order valence-corrected chi connectivity index (χ1v) is 11.7. The van der Waals surface area contributed by atoms with Crippen molar-refractivity contribution in [1.82, 2.24) is 14.1 Å². The van der Waals surface area contributed by atoms with Gasteiger partial charge in [0, 0.05) is 37.0 Å². The van der Waals surface area contributed by atoms with Gasteiger partial charge in [-0.15, -0.1) is 0 Å². The van der Waals surface area contributed by atoms with E-state index < -0.39 is 5.97 Å². The highest BCUT2D eigenvalue weighted by Crippen LogP contribution is 2.22. The fraction of sp³-hybridized carbons (Fsp3) is 0.462. The number of rotatable bonds is 7. The maximum Gasteiger partial charge on any atom is 0.338 e. The van der Waals surface area contributed by atoms with E-state index in [1.807, 2.05) is 26.8 Å². The molecule has 0 N–H and O–H groups in total. The van der Waals surface area contributed by atoms with Crippen molar-refractivity contribution in [2.75, 3.05) is 20.3 Å².